The summed E-state index contributed by atoms with van der Waals surface area (Å²) >= 11 is 0. The van der Waals surface area contributed by atoms with E-state index in [0.717, 1.165) is 62.6 Å². The molecule has 0 radical (unpaired) electrons. The summed E-state index contributed by atoms with van der Waals surface area (Å²) in [4.78, 5) is 11.0. The third kappa shape index (κ3) is 21.9. The van der Waals surface area contributed by atoms with Crippen LogP contribution in [0.1, 0.15) is 156 Å². The lowest BCUT2D eigenvalue weighted by Gasteiger charge is -2.16. The summed E-state index contributed by atoms with van der Waals surface area (Å²) in [7, 11) is 1.39. The third-order valence-electron chi connectivity index (χ3n) is 9.31. The van der Waals surface area contributed by atoms with E-state index in [9.17, 15) is 4.79 Å². The van der Waals surface area contributed by atoms with Gasteiger partial charge in [-0.3, -0.25) is 4.79 Å². The zero-order valence-electron chi connectivity index (χ0n) is 36.2. The van der Waals surface area contributed by atoms with Crippen molar-refractivity contribution in [1.29, 1.82) is 0 Å². The van der Waals surface area contributed by atoms with Crippen LogP contribution < -0.4 is 14.2 Å². The van der Waals surface area contributed by atoms with Gasteiger partial charge in [-0.05, 0) is 130 Å². The van der Waals surface area contributed by atoms with Crippen molar-refractivity contribution in [3.8, 4) is 17.2 Å². The number of carbonyl (C=O) groups excluding carboxylic acids is 1. The van der Waals surface area contributed by atoms with Gasteiger partial charge in [0.2, 0.25) is 0 Å². The van der Waals surface area contributed by atoms with Crippen LogP contribution in [0.4, 0.5) is 0 Å². The molecule has 0 saturated carbocycles. The Labute approximate surface area is 334 Å². The van der Waals surface area contributed by atoms with Crippen LogP contribution in [0.2, 0.25) is 0 Å². The molecular weight excluding hydrogens is 693 g/mol. The van der Waals surface area contributed by atoms with E-state index in [1.54, 1.807) is 0 Å². The highest BCUT2D eigenvalue weighted by Crippen LogP contribution is 2.24. The Morgan fingerprint density at radius 1 is 0.473 bits per heavy atom. The monoisotopic (exact) mass is 767 g/mol. The number of carbonyl (C=O) groups is 1. The Bertz CT molecular complexity index is 1290. The fraction of sp³-hybridized carbons (Fsp3) is 0.596. The van der Waals surface area contributed by atoms with Gasteiger partial charge in [-0.1, -0.05) is 91.8 Å². The van der Waals surface area contributed by atoms with Crippen LogP contribution in [0, 0.1) is 0 Å². The highest BCUT2D eigenvalue weighted by Gasteiger charge is 2.09. The van der Waals surface area contributed by atoms with Crippen molar-refractivity contribution in [1.82, 2.24) is 0 Å². The molecule has 0 N–H and O–H groups in total. The molecule has 0 saturated heterocycles. The molecule has 6 atom stereocenters. The quantitative estimate of drug-likeness (QED) is 0.0536. The van der Waals surface area contributed by atoms with E-state index >= 15 is 0 Å². The van der Waals surface area contributed by atoms with E-state index in [1.165, 1.54) is 23.8 Å². The van der Waals surface area contributed by atoms with Gasteiger partial charge in [-0.15, -0.1) is 0 Å². The number of ether oxygens (including phenoxy) is 7. The molecule has 8 nitrogen and oxygen atoms in total. The maximum atomic E-state index is 11.0. The van der Waals surface area contributed by atoms with Crippen LogP contribution in [0.25, 0.3) is 0 Å². The topological polar surface area (TPSA) is 81.7 Å². The van der Waals surface area contributed by atoms with Crippen LogP contribution in [0.15, 0.2) is 72.8 Å². The van der Waals surface area contributed by atoms with Crippen molar-refractivity contribution in [3.05, 3.63) is 89.5 Å². The first-order valence-electron chi connectivity index (χ1n) is 20.6. The predicted octanol–water partition coefficient (Wildman–Crippen LogP) is 12.6. The Balaban J connectivity index is 0.000000416. The van der Waals surface area contributed by atoms with Gasteiger partial charge in [0.05, 0.1) is 26.9 Å². The van der Waals surface area contributed by atoms with E-state index in [-0.39, 0.29) is 24.8 Å². The average Bonchev–Trinajstić information content (AvgIpc) is 3.21. The molecule has 0 aliphatic carbocycles. The van der Waals surface area contributed by atoms with Gasteiger partial charge in [-0.2, -0.15) is 0 Å². The fourth-order valence-corrected chi connectivity index (χ4v) is 5.14. The standard InChI is InChI=1S/C17H26O4.2C15H24O2/c1-5-13(2)15-8-10-16(11-9-15)21-14(3)20-12-6-7-17(18)19-4;2*1-5-11-16-13(4)17-15-9-7-14(8-10-15)12(3)6-2/h8-11,13-14H,5-7,12H2,1-4H3;2*7-10,12-13H,5-6,11H2,1-4H3. The SMILES string of the molecule is CCC(C)c1ccc(OC(C)OCCCC(=O)OC)cc1.CCCOC(C)Oc1ccc(C(C)CC)cc1.CCCOC(C)Oc1ccc(C(C)CC)cc1. The van der Waals surface area contributed by atoms with Gasteiger partial charge in [0.15, 0.2) is 18.9 Å². The van der Waals surface area contributed by atoms with E-state index in [1.807, 2.05) is 57.2 Å². The van der Waals surface area contributed by atoms with E-state index in [4.69, 9.17) is 28.4 Å². The summed E-state index contributed by atoms with van der Waals surface area (Å²) in [5.74, 6) is 4.11. The molecule has 3 aromatic rings. The van der Waals surface area contributed by atoms with Crippen molar-refractivity contribution in [3.63, 3.8) is 0 Å². The van der Waals surface area contributed by atoms with E-state index in [2.05, 4.69) is 96.5 Å². The molecule has 0 amide bonds. The smallest absolute Gasteiger partial charge is 0.305 e. The maximum Gasteiger partial charge on any atom is 0.305 e. The van der Waals surface area contributed by atoms with Crippen LogP contribution in [-0.4, -0.2) is 51.8 Å². The largest absolute Gasteiger partial charge is 0.469 e. The lowest BCUT2D eigenvalue weighted by molar-refractivity contribution is -0.141. The third-order valence-corrected chi connectivity index (χ3v) is 9.31. The van der Waals surface area contributed by atoms with Gasteiger partial charge in [0.25, 0.3) is 0 Å². The molecule has 0 aromatic heterocycles. The van der Waals surface area contributed by atoms with Crippen molar-refractivity contribution in [2.45, 2.75) is 158 Å². The molecule has 55 heavy (non-hydrogen) atoms. The van der Waals surface area contributed by atoms with Crippen LogP contribution in [0.5, 0.6) is 17.2 Å². The van der Waals surface area contributed by atoms with Crippen molar-refractivity contribution >= 4 is 5.97 Å². The lowest BCUT2D eigenvalue weighted by Crippen LogP contribution is -2.17. The van der Waals surface area contributed by atoms with Crippen LogP contribution in [-0.2, 0) is 23.7 Å². The maximum absolute atomic E-state index is 11.0. The van der Waals surface area contributed by atoms with Crippen LogP contribution >= 0.6 is 0 Å². The highest BCUT2D eigenvalue weighted by atomic mass is 16.7. The summed E-state index contributed by atoms with van der Waals surface area (Å²) in [6, 6.07) is 24.7. The minimum Gasteiger partial charge on any atom is -0.469 e. The highest BCUT2D eigenvalue weighted by molar-refractivity contribution is 5.69. The van der Waals surface area contributed by atoms with Gasteiger partial charge >= 0.3 is 5.97 Å². The van der Waals surface area contributed by atoms with Gasteiger partial charge in [0.1, 0.15) is 17.2 Å². The summed E-state index contributed by atoms with van der Waals surface area (Å²) in [5.41, 5.74) is 4.04. The fourth-order valence-electron chi connectivity index (χ4n) is 5.14. The van der Waals surface area contributed by atoms with Gasteiger partial charge in [-0.25, -0.2) is 0 Å². The van der Waals surface area contributed by atoms with Crippen LogP contribution in [0.3, 0.4) is 0 Å². The summed E-state index contributed by atoms with van der Waals surface area (Å²) in [6.07, 6.45) is 5.79. The number of methoxy groups -OCH3 is 1. The first-order chi connectivity index (χ1) is 26.4. The normalized spacial score (nSPS) is 14.0. The van der Waals surface area contributed by atoms with E-state index < -0.39 is 0 Å². The predicted molar refractivity (Wildman–Crippen MR) is 225 cm³/mol. The Morgan fingerprint density at radius 2 is 0.764 bits per heavy atom. The minimum atomic E-state index is -0.336. The number of hydrogen-bond donors (Lipinski definition) is 0. The number of benzene rings is 3. The molecule has 0 aliphatic heterocycles. The van der Waals surface area contributed by atoms with Crippen molar-refractivity contribution in [2.75, 3.05) is 26.9 Å². The Morgan fingerprint density at radius 3 is 1.02 bits per heavy atom. The molecule has 0 fully saturated rings. The first-order valence-corrected chi connectivity index (χ1v) is 20.6. The second kappa shape index (κ2) is 29.7. The van der Waals surface area contributed by atoms with Gasteiger partial charge in [0, 0.05) is 6.42 Å². The van der Waals surface area contributed by atoms with Crippen molar-refractivity contribution in [2.24, 2.45) is 0 Å². The Hall–Kier alpha value is -3.59. The van der Waals surface area contributed by atoms with Crippen molar-refractivity contribution < 1.29 is 38.0 Å². The second-order valence-electron chi connectivity index (χ2n) is 14.0. The molecule has 8 heteroatoms. The summed E-state index contributed by atoms with van der Waals surface area (Å²) in [5, 5.41) is 0. The molecular formula is C47H74O8. The zero-order valence-corrected chi connectivity index (χ0v) is 36.2. The average molecular weight is 767 g/mol. The first kappa shape index (κ1) is 49.4. The lowest BCUT2D eigenvalue weighted by atomic mass is 9.99. The summed E-state index contributed by atoms with van der Waals surface area (Å²) in [6.45, 7) is 25.1. The number of esters is 1. The number of hydrogen-bond acceptors (Lipinski definition) is 8. The minimum absolute atomic E-state index is 0.176. The molecule has 310 valence electrons. The molecule has 0 bridgehead atoms. The molecule has 0 heterocycles. The summed E-state index contributed by atoms with van der Waals surface area (Å²) < 4.78 is 38.0. The molecule has 0 spiro atoms. The molecule has 3 rings (SSSR count). The number of rotatable bonds is 23. The Kier molecular flexibility index (Phi) is 26.7. The van der Waals surface area contributed by atoms with Gasteiger partial charge < -0.3 is 33.2 Å². The van der Waals surface area contributed by atoms with E-state index in [0.29, 0.717) is 37.2 Å². The molecule has 0 aliphatic rings. The zero-order chi connectivity index (χ0) is 41.0. The molecule has 3 aromatic carbocycles. The molecule has 6 unspecified atom stereocenters. The second-order valence-corrected chi connectivity index (χ2v) is 14.0.